The molecule has 4 aromatic rings. The Balaban J connectivity index is 1.53. The normalized spacial score (nSPS) is 13.8. The number of likely N-dealkylation sites (N-methyl/N-ethyl adjacent to an activating group) is 1. The Morgan fingerprint density at radius 1 is 1.18 bits per heavy atom. The Morgan fingerprint density at radius 3 is 2.96 bits per heavy atom. The number of thiazole rings is 1. The number of aromatic amines is 1. The number of hydrogen-bond acceptors (Lipinski definition) is 4. The van der Waals surface area contributed by atoms with Crippen LogP contribution in [0.4, 0.5) is 0 Å². The van der Waals surface area contributed by atoms with Gasteiger partial charge >= 0.3 is 0 Å². The Kier molecular flexibility index (Phi) is 3.97. The molecule has 0 atom stereocenters. The Morgan fingerprint density at radius 2 is 2.07 bits per heavy atom. The molecule has 0 radical (unpaired) electrons. The van der Waals surface area contributed by atoms with Gasteiger partial charge in [-0.05, 0) is 29.3 Å². The minimum absolute atomic E-state index is 0.886. The average molecular weight is 382 g/mol. The summed E-state index contributed by atoms with van der Waals surface area (Å²) in [6.45, 7) is 4.73. The molecule has 0 saturated heterocycles. The lowest BCUT2D eigenvalue weighted by Crippen LogP contribution is -2.11. The van der Waals surface area contributed by atoms with E-state index in [1.54, 1.807) is 17.5 Å². The molecule has 3 aromatic heterocycles. The molecular weight excluding hydrogens is 364 g/mol. The number of H-pyrrole nitrogens is 1. The highest BCUT2D eigenvalue weighted by atomic mass is 32.1. The van der Waals surface area contributed by atoms with Gasteiger partial charge in [-0.3, -0.25) is 0 Å². The summed E-state index contributed by atoms with van der Waals surface area (Å²) in [7, 11) is 2.06. The van der Waals surface area contributed by atoms with E-state index in [-0.39, 0.29) is 0 Å². The van der Waals surface area contributed by atoms with Gasteiger partial charge in [-0.15, -0.1) is 17.1 Å². The summed E-state index contributed by atoms with van der Waals surface area (Å²) in [5.74, 6) is 0. The third-order valence-electron chi connectivity index (χ3n) is 5.02. The summed E-state index contributed by atoms with van der Waals surface area (Å²) >= 11 is 1.69. The van der Waals surface area contributed by atoms with E-state index in [1.807, 2.05) is 18.5 Å². The number of nitrogens with zero attached hydrogens (tertiary/aromatic N) is 3. The van der Waals surface area contributed by atoms with Crippen molar-refractivity contribution in [1.82, 2.24) is 19.9 Å². The highest BCUT2D eigenvalue weighted by molar-refractivity contribution is 7.18. The van der Waals surface area contributed by atoms with Crippen LogP contribution in [0.15, 0.2) is 79.1 Å². The van der Waals surface area contributed by atoms with E-state index in [2.05, 4.69) is 75.6 Å². The molecule has 1 N–H and O–H groups in total. The van der Waals surface area contributed by atoms with Crippen molar-refractivity contribution >= 4 is 27.9 Å². The molecule has 0 amide bonds. The summed E-state index contributed by atoms with van der Waals surface area (Å²) < 4.78 is 0. The van der Waals surface area contributed by atoms with Gasteiger partial charge in [0, 0.05) is 48.7 Å². The number of hydrogen-bond donors (Lipinski definition) is 1. The quantitative estimate of drug-likeness (QED) is 0.486. The summed E-state index contributed by atoms with van der Waals surface area (Å²) in [6.07, 6.45) is 7.96. The van der Waals surface area contributed by atoms with Gasteiger partial charge in [-0.25, -0.2) is 9.97 Å². The zero-order valence-electron chi connectivity index (χ0n) is 15.4. The van der Waals surface area contributed by atoms with Gasteiger partial charge in [0.1, 0.15) is 10.7 Å². The molecule has 4 heterocycles. The van der Waals surface area contributed by atoms with Crippen molar-refractivity contribution < 1.29 is 0 Å². The van der Waals surface area contributed by atoms with Crippen LogP contribution < -0.4 is 0 Å². The third-order valence-corrected chi connectivity index (χ3v) is 6.10. The summed E-state index contributed by atoms with van der Waals surface area (Å²) in [5, 5.41) is 2.09. The van der Waals surface area contributed by atoms with Crippen LogP contribution in [0.2, 0.25) is 0 Å². The van der Waals surface area contributed by atoms with Crippen LogP contribution in [0.3, 0.4) is 0 Å². The maximum absolute atomic E-state index is 4.68. The van der Waals surface area contributed by atoms with Crippen molar-refractivity contribution in [2.45, 2.75) is 0 Å². The topological polar surface area (TPSA) is 44.8 Å². The van der Waals surface area contributed by atoms with E-state index in [9.17, 15) is 0 Å². The van der Waals surface area contributed by atoms with E-state index in [0.29, 0.717) is 0 Å². The van der Waals surface area contributed by atoms with Crippen LogP contribution in [-0.4, -0.2) is 33.4 Å². The van der Waals surface area contributed by atoms with Gasteiger partial charge < -0.3 is 9.88 Å². The van der Waals surface area contributed by atoms with Crippen LogP contribution in [0.5, 0.6) is 0 Å². The molecule has 4 nitrogen and oxygen atoms in total. The first-order valence-electron chi connectivity index (χ1n) is 9.05. The molecule has 1 aliphatic heterocycles. The highest BCUT2D eigenvalue weighted by Gasteiger charge is 2.18. The highest BCUT2D eigenvalue weighted by Crippen LogP contribution is 2.37. The van der Waals surface area contributed by atoms with E-state index < -0.39 is 0 Å². The molecule has 0 spiro atoms. The van der Waals surface area contributed by atoms with Gasteiger partial charge in [0.2, 0.25) is 0 Å². The molecule has 0 saturated carbocycles. The molecule has 5 heteroatoms. The van der Waals surface area contributed by atoms with Gasteiger partial charge in [0.15, 0.2) is 0 Å². The Bertz CT molecular complexity index is 1270. The van der Waals surface area contributed by atoms with Crippen molar-refractivity contribution in [3.05, 3.63) is 84.6 Å². The standard InChI is InChI=1S/C23H18N4S/c1-3-20-17(9-11-27(20)2)15-6-4-7-16(12-15)21-14-26-23(28-21)19-13-25-22-18(19)8-5-10-24-22/h4-10,12-14H,1,11H2,2H3,(H,24,25). The zero-order chi connectivity index (χ0) is 19.1. The van der Waals surface area contributed by atoms with Crippen LogP contribution in [0.25, 0.3) is 37.6 Å². The molecule has 0 bridgehead atoms. The maximum atomic E-state index is 4.68. The molecule has 0 fully saturated rings. The smallest absolute Gasteiger partial charge is 0.137 e. The van der Waals surface area contributed by atoms with Crippen LogP contribution in [0, 0.1) is 0 Å². The SMILES string of the molecule is C=C=C1C(c2cccc(-c3cnc(-c4c[nH]c5ncccc45)s3)c2)=CCN1C. The first-order chi connectivity index (χ1) is 13.7. The van der Waals surface area contributed by atoms with Crippen molar-refractivity contribution in [2.24, 2.45) is 0 Å². The van der Waals surface area contributed by atoms with Gasteiger partial charge in [0.25, 0.3) is 0 Å². The number of rotatable bonds is 3. The number of benzene rings is 1. The van der Waals surface area contributed by atoms with Crippen LogP contribution in [0.1, 0.15) is 5.56 Å². The monoisotopic (exact) mass is 382 g/mol. The Labute approximate surface area is 167 Å². The number of nitrogens with one attached hydrogen (secondary N) is 1. The van der Waals surface area contributed by atoms with Crippen molar-refractivity contribution in [2.75, 3.05) is 13.6 Å². The van der Waals surface area contributed by atoms with E-state index >= 15 is 0 Å². The molecule has 136 valence electrons. The molecule has 0 aliphatic carbocycles. The summed E-state index contributed by atoms with van der Waals surface area (Å²) in [6, 6.07) is 12.6. The summed E-state index contributed by atoms with van der Waals surface area (Å²) in [4.78, 5) is 15.6. The minimum atomic E-state index is 0.886. The van der Waals surface area contributed by atoms with Crippen molar-refractivity contribution in [3.63, 3.8) is 0 Å². The number of fused-ring (bicyclic) bond motifs is 1. The molecule has 28 heavy (non-hydrogen) atoms. The molecular formula is C23H18N4S. The number of pyridine rings is 1. The maximum Gasteiger partial charge on any atom is 0.137 e. The molecule has 1 aliphatic rings. The predicted octanol–water partition coefficient (Wildman–Crippen LogP) is 5.35. The predicted molar refractivity (Wildman–Crippen MR) is 116 cm³/mol. The van der Waals surface area contributed by atoms with E-state index in [0.717, 1.165) is 44.3 Å². The van der Waals surface area contributed by atoms with E-state index in [4.69, 9.17) is 0 Å². The minimum Gasteiger partial charge on any atom is -0.364 e. The van der Waals surface area contributed by atoms with Gasteiger partial charge in [-0.1, -0.05) is 30.9 Å². The summed E-state index contributed by atoms with van der Waals surface area (Å²) in [5.41, 5.74) is 9.62. The largest absolute Gasteiger partial charge is 0.364 e. The van der Waals surface area contributed by atoms with Gasteiger partial charge in [0.05, 0.1) is 10.6 Å². The lowest BCUT2D eigenvalue weighted by atomic mass is 10.0. The fourth-order valence-electron chi connectivity index (χ4n) is 3.61. The van der Waals surface area contributed by atoms with Crippen LogP contribution >= 0.6 is 11.3 Å². The first kappa shape index (κ1) is 16.8. The molecule has 5 rings (SSSR count). The lowest BCUT2D eigenvalue weighted by Gasteiger charge is -2.13. The average Bonchev–Trinajstić information content (AvgIpc) is 3.45. The number of aromatic nitrogens is 3. The lowest BCUT2D eigenvalue weighted by molar-refractivity contribution is 0.503. The molecule has 1 aromatic carbocycles. The first-order valence-corrected chi connectivity index (χ1v) is 9.87. The van der Waals surface area contributed by atoms with Crippen molar-refractivity contribution in [1.29, 1.82) is 0 Å². The fourth-order valence-corrected chi connectivity index (χ4v) is 4.55. The second kappa shape index (κ2) is 6.64. The molecule has 0 unspecified atom stereocenters. The third kappa shape index (κ3) is 2.69. The van der Waals surface area contributed by atoms with Gasteiger partial charge in [-0.2, -0.15) is 0 Å². The fraction of sp³-hybridized carbons (Fsp3) is 0.0870. The zero-order valence-corrected chi connectivity index (χ0v) is 16.3. The van der Waals surface area contributed by atoms with E-state index in [1.165, 1.54) is 11.1 Å². The van der Waals surface area contributed by atoms with Crippen LogP contribution in [-0.2, 0) is 0 Å². The van der Waals surface area contributed by atoms with Crippen molar-refractivity contribution in [3.8, 4) is 21.0 Å². The second-order valence-corrected chi connectivity index (χ2v) is 7.77. The Hall–Kier alpha value is -3.40. The second-order valence-electron chi connectivity index (χ2n) is 6.74. The number of allylic oxidation sites excluding steroid dienone is 1.